The number of likely N-dealkylation sites (N-methyl/N-ethyl adjacent to an activating group) is 1. The summed E-state index contributed by atoms with van der Waals surface area (Å²) in [5, 5.41) is 13.8. The van der Waals surface area contributed by atoms with Crippen molar-refractivity contribution in [2.45, 2.75) is 55.4 Å². The molecule has 2 N–H and O–H groups in total. The molecule has 0 saturated carbocycles. The normalized spacial score (nSPS) is 13.3. The number of carbonyl (C=O) groups is 1. The van der Waals surface area contributed by atoms with E-state index in [4.69, 9.17) is 11.6 Å². The smallest absolute Gasteiger partial charge is 0.293 e. The second-order valence-corrected chi connectivity index (χ2v) is 12.6. The van der Waals surface area contributed by atoms with E-state index in [0.29, 0.717) is 22.8 Å². The molecular weight excluding hydrogens is 484 g/mol. The minimum atomic E-state index is -3.80. The Hall–Kier alpha value is -1.49. The highest BCUT2D eigenvalue weighted by molar-refractivity contribution is 7.91. The molecule has 0 amide bonds. The number of benzene rings is 1. The van der Waals surface area contributed by atoms with Gasteiger partial charge in [-0.3, -0.25) is 4.79 Å². The number of hydrogen-bond acceptors (Lipinski definition) is 7. The van der Waals surface area contributed by atoms with Crippen LogP contribution in [0, 0.1) is 0 Å². The van der Waals surface area contributed by atoms with Gasteiger partial charge >= 0.3 is 0 Å². The number of rotatable bonds is 15. The third-order valence-electron chi connectivity index (χ3n) is 5.35. The summed E-state index contributed by atoms with van der Waals surface area (Å²) in [6, 6.07) is 11.8. The maximum Gasteiger partial charge on any atom is 0.293 e. The fourth-order valence-electron chi connectivity index (χ4n) is 3.37. The van der Waals surface area contributed by atoms with E-state index in [1.54, 1.807) is 0 Å². The lowest BCUT2D eigenvalue weighted by molar-refractivity contribution is -0.128. The molecule has 0 unspecified atom stereocenters. The molecule has 1 heterocycles. The van der Waals surface area contributed by atoms with E-state index in [2.05, 4.69) is 36.0 Å². The lowest BCUT2D eigenvalue weighted by Gasteiger charge is -2.29. The van der Waals surface area contributed by atoms with Crippen molar-refractivity contribution in [2.75, 3.05) is 26.7 Å². The first kappa shape index (κ1) is 27.8. The molecule has 10 heteroatoms. The maximum absolute atomic E-state index is 12.9. The van der Waals surface area contributed by atoms with Gasteiger partial charge in [0.2, 0.25) is 0 Å². The SMILES string of the molecule is CN(C[C@H](O)CNC(C)(C)CCCc1ccccc1)S(=O)(=O)c1cc(CCOC=O)c(Cl)s1. The third kappa shape index (κ3) is 8.99. The van der Waals surface area contributed by atoms with Crippen LogP contribution < -0.4 is 5.32 Å². The molecule has 0 fully saturated rings. The molecule has 0 saturated heterocycles. The van der Waals surface area contributed by atoms with E-state index >= 15 is 0 Å². The molecule has 2 rings (SSSR count). The second kappa shape index (κ2) is 12.8. The number of nitrogens with one attached hydrogen (secondary N) is 1. The molecular formula is C23H33ClN2O5S2. The molecule has 0 bridgehead atoms. The Balaban J connectivity index is 1.84. The van der Waals surface area contributed by atoms with Gasteiger partial charge in [-0.05, 0) is 50.3 Å². The lowest BCUT2D eigenvalue weighted by Crippen LogP contribution is -2.46. The fourth-order valence-corrected chi connectivity index (χ4v) is 6.60. The standard InChI is InChI=1S/C23H33ClN2O5S2/c1-23(2,12-7-10-18-8-5-4-6-9-18)25-15-20(28)16-26(3)33(29,30)21-14-19(22(24)32-21)11-13-31-17-27/h4-6,8-9,14,17,20,25,28H,7,10-13,15-16H2,1-3H3/t20-/m1/s1. The largest absolute Gasteiger partial charge is 0.468 e. The number of nitrogens with zero attached hydrogens (tertiary/aromatic N) is 1. The molecule has 7 nitrogen and oxygen atoms in total. The molecule has 184 valence electrons. The van der Waals surface area contributed by atoms with Crippen LogP contribution in [0.4, 0.5) is 0 Å². The molecule has 0 aliphatic heterocycles. The minimum Gasteiger partial charge on any atom is -0.468 e. The van der Waals surface area contributed by atoms with Crippen LogP contribution >= 0.6 is 22.9 Å². The summed E-state index contributed by atoms with van der Waals surface area (Å²) in [7, 11) is -2.36. The number of sulfonamides is 1. The number of thiophene rings is 1. The first-order valence-corrected chi connectivity index (χ1v) is 13.5. The number of aryl methyl sites for hydroxylation is 1. The van der Waals surface area contributed by atoms with Gasteiger partial charge in [-0.15, -0.1) is 11.3 Å². The molecule has 33 heavy (non-hydrogen) atoms. The monoisotopic (exact) mass is 516 g/mol. The van der Waals surface area contributed by atoms with E-state index in [-0.39, 0.29) is 29.4 Å². The minimum absolute atomic E-state index is 0.0471. The number of ether oxygens (including phenoxy) is 1. The van der Waals surface area contributed by atoms with Crippen molar-refractivity contribution in [3.8, 4) is 0 Å². The van der Waals surface area contributed by atoms with E-state index in [9.17, 15) is 18.3 Å². The van der Waals surface area contributed by atoms with Crippen LogP contribution in [0.2, 0.25) is 4.34 Å². The average molecular weight is 517 g/mol. The van der Waals surface area contributed by atoms with Gasteiger partial charge in [-0.2, -0.15) is 4.31 Å². The summed E-state index contributed by atoms with van der Waals surface area (Å²) in [5.41, 5.74) is 1.72. The van der Waals surface area contributed by atoms with Gasteiger partial charge in [0.25, 0.3) is 16.5 Å². The zero-order valence-corrected chi connectivity index (χ0v) is 21.7. The highest BCUT2D eigenvalue weighted by atomic mass is 35.5. The number of aliphatic hydroxyl groups excluding tert-OH is 1. The number of halogens is 1. The van der Waals surface area contributed by atoms with Crippen molar-refractivity contribution in [1.29, 1.82) is 0 Å². The molecule has 0 aliphatic rings. The van der Waals surface area contributed by atoms with Crippen LogP contribution in [0.5, 0.6) is 0 Å². The summed E-state index contributed by atoms with van der Waals surface area (Å²) in [6.45, 7) is 4.85. The highest BCUT2D eigenvalue weighted by Crippen LogP contribution is 2.32. The van der Waals surface area contributed by atoms with Gasteiger partial charge in [-0.1, -0.05) is 41.9 Å². The van der Waals surface area contributed by atoms with Gasteiger partial charge in [0, 0.05) is 32.1 Å². The van der Waals surface area contributed by atoms with Crippen molar-refractivity contribution < 1.29 is 23.1 Å². The summed E-state index contributed by atoms with van der Waals surface area (Å²) >= 11 is 7.11. The van der Waals surface area contributed by atoms with Gasteiger partial charge in [-0.25, -0.2) is 8.42 Å². The van der Waals surface area contributed by atoms with Gasteiger partial charge in [0.15, 0.2) is 0 Å². The number of aliphatic hydroxyl groups is 1. The molecule has 0 spiro atoms. The Morgan fingerprint density at radius 2 is 1.97 bits per heavy atom. The quantitative estimate of drug-likeness (QED) is 0.278. The van der Waals surface area contributed by atoms with Crippen molar-refractivity contribution in [3.63, 3.8) is 0 Å². The Morgan fingerprint density at radius 1 is 1.27 bits per heavy atom. The topological polar surface area (TPSA) is 95.9 Å². The zero-order valence-electron chi connectivity index (χ0n) is 19.3. The van der Waals surface area contributed by atoms with Gasteiger partial charge < -0.3 is 15.2 Å². The summed E-state index contributed by atoms with van der Waals surface area (Å²) in [4.78, 5) is 10.3. The highest BCUT2D eigenvalue weighted by Gasteiger charge is 2.27. The molecule has 1 aromatic carbocycles. The fraction of sp³-hybridized carbons (Fsp3) is 0.522. The van der Waals surface area contributed by atoms with Crippen LogP contribution in [0.25, 0.3) is 0 Å². The van der Waals surface area contributed by atoms with E-state index < -0.39 is 16.1 Å². The van der Waals surface area contributed by atoms with Gasteiger partial charge in [0.1, 0.15) is 4.21 Å². The Kier molecular flexibility index (Phi) is 10.8. The molecule has 1 atom stereocenters. The summed E-state index contributed by atoms with van der Waals surface area (Å²) < 4.78 is 32.0. The first-order chi connectivity index (χ1) is 15.5. The van der Waals surface area contributed by atoms with Crippen molar-refractivity contribution in [2.24, 2.45) is 0 Å². The van der Waals surface area contributed by atoms with Gasteiger partial charge in [0.05, 0.1) is 17.0 Å². The first-order valence-electron chi connectivity index (χ1n) is 10.8. The van der Waals surface area contributed by atoms with E-state index in [1.807, 2.05) is 18.2 Å². The summed E-state index contributed by atoms with van der Waals surface area (Å²) in [5.74, 6) is 0. The molecule has 0 aliphatic carbocycles. The zero-order chi connectivity index (χ0) is 24.5. The number of carbonyl (C=O) groups excluding carboxylic acids is 1. The molecule has 2 aromatic rings. The van der Waals surface area contributed by atoms with Crippen LogP contribution in [0.15, 0.2) is 40.6 Å². The van der Waals surface area contributed by atoms with E-state index in [0.717, 1.165) is 34.9 Å². The summed E-state index contributed by atoms with van der Waals surface area (Å²) in [6.07, 6.45) is 2.39. The predicted octanol–water partition coefficient (Wildman–Crippen LogP) is 3.49. The van der Waals surface area contributed by atoms with Crippen molar-refractivity contribution >= 4 is 39.4 Å². The average Bonchev–Trinajstić information content (AvgIpc) is 3.14. The van der Waals surface area contributed by atoms with Crippen LogP contribution in [0.3, 0.4) is 0 Å². The predicted molar refractivity (Wildman–Crippen MR) is 132 cm³/mol. The number of hydrogen-bond donors (Lipinski definition) is 2. The number of β-amino-alcohol motifs (C(OH)–C–C–N with tert-alkyl or cyclic N) is 1. The third-order valence-corrected chi connectivity index (χ3v) is 9.06. The van der Waals surface area contributed by atoms with Crippen molar-refractivity contribution in [3.05, 3.63) is 51.9 Å². The van der Waals surface area contributed by atoms with Crippen LogP contribution in [0.1, 0.15) is 37.8 Å². The Morgan fingerprint density at radius 3 is 2.64 bits per heavy atom. The molecule has 1 aromatic heterocycles. The van der Waals surface area contributed by atoms with Crippen LogP contribution in [-0.2, 0) is 32.4 Å². The van der Waals surface area contributed by atoms with Crippen molar-refractivity contribution in [1.82, 2.24) is 9.62 Å². The Bertz CT molecular complexity index is 980. The van der Waals surface area contributed by atoms with Crippen LogP contribution in [-0.4, -0.2) is 62.7 Å². The Labute approximate surface area is 205 Å². The lowest BCUT2D eigenvalue weighted by atomic mass is 9.95. The molecule has 0 radical (unpaired) electrons. The van der Waals surface area contributed by atoms with E-state index in [1.165, 1.54) is 18.7 Å². The second-order valence-electron chi connectivity index (χ2n) is 8.62. The maximum atomic E-state index is 12.9.